The molecule has 0 aliphatic carbocycles. The topological polar surface area (TPSA) is 62.5 Å². The van der Waals surface area contributed by atoms with Crippen LogP contribution in [0.2, 0.25) is 0 Å². The van der Waals surface area contributed by atoms with Gasteiger partial charge in [0.1, 0.15) is 11.7 Å². The molecule has 2 rings (SSSR count). The molecule has 0 bridgehead atoms. The van der Waals surface area contributed by atoms with Crippen molar-refractivity contribution >= 4 is 27.8 Å². The Balaban J connectivity index is 2.27. The van der Waals surface area contributed by atoms with Gasteiger partial charge < -0.3 is 14.6 Å². The maximum atomic E-state index is 12.6. The molecular formula is C14H19BrN2O3. The molecule has 1 fully saturated rings. The Morgan fingerprint density at radius 1 is 1.45 bits per heavy atom. The summed E-state index contributed by atoms with van der Waals surface area (Å²) in [5, 5.41) is 9.27. The Labute approximate surface area is 126 Å². The highest BCUT2D eigenvalue weighted by molar-refractivity contribution is 9.10. The molecule has 1 N–H and O–H groups in total. The fourth-order valence-corrected chi connectivity index (χ4v) is 3.12. The third kappa shape index (κ3) is 3.06. The van der Waals surface area contributed by atoms with Crippen LogP contribution >= 0.6 is 15.9 Å². The second kappa shape index (κ2) is 6.43. The summed E-state index contributed by atoms with van der Waals surface area (Å²) in [6.45, 7) is 3.31. The molecule has 1 saturated heterocycles. The maximum absolute atomic E-state index is 12.6. The first kappa shape index (κ1) is 15.1. The standard InChI is InChI=1S/C14H19BrN2O3/c1-2-6-16-9-10(15)8-12(16)13(18)17-7-4-3-5-11(17)14(19)20/h8-9,11H,2-7H2,1H3,(H,19,20)/t11-/m1/s1. The first-order valence-electron chi connectivity index (χ1n) is 6.94. The average Bonchev–Trinajstić information content (AvgIpc) is 2.79. The predicted molar refractivity (Wildman–Crippen MR) is 78.7 cm³/mol. The van der Waals surface area contributed by atoms with Crippen LogP contribution in [0, 0.1) is 0 Å². The van der Waals surface area contributed by atoms with Gasteiger partial charge in [0, 0.05) is 23.8 Å². The minimum Gasteiger partial charge on any atom is -0.480 e. The quantitative estimate of drug-likeness (QED) is 0.914. The zero-order valence-corrected chi connectivity index (χ0v) is 13.1. The van der Waals surface area contributed by atoms with E-state index in [1.54, 1.807) is 6.07 Å². The summed E-state index contributed by atoms with van der Waals surface area (Å²) in [5.41, 5.74) is 0.562. The monoisotopic (exact) mass is 342 g/mol. The van der Waals surface area contributed by atoms with Crippen LogP contribution < -0.4 is 0 Å². The first-order valence-corrected chi connectivity index (χ1v) is 7.73. The minimum atomic E-state index is -0.911. The van der Waals surface area contributed by atoms with Crippen molar-refractivity contribution in [2.75, 3.05) is 6.54 Å². The molecule has 1 aliphatic heterocycles. The van der Waals surface area contributed by atoms with Gasteiger partial charge >= 0.3 is 5.97 Å². The number of carboxylic acid groups (broad SMARTS) is 1. The van der Waals surface area contributed by atoms with Crippen molar-refractivity contribution in [3.63, 3.8) is 0 Å². The van der Waals surface area contributed by atoms with Crippen molar-refractivity contribution in [2.45, 2.75) is 45.2 Å². The van der Waals surface area contributed by atoms with Crippen LogP contribution in [0.3, 0.4) is 0 Å². The van der Waals surface area contributed by atoms with Crippen LogP contribution in [0.25, 0.3) is 0 Å². The van der Waals surface area contributed by atoms with E-state index in [1.807, 2.05) is 17.7 Å². The van der Waals surface area contributed by atoms with E-state index in [4.69, 9.17) is 0 Å². The fraction of sp³-hybridized carbons (Fsp3) is 0.571. The van der Waals surface area contributed by atoms with Crippen LogP contribution in [0.5, 0.6) is 0 Å². The summed E-state index contributed by atoms with van der Waals surface area (Å²) in [6.07, 6.45) is 5.06. The number of aliphatic carboxylic acids is 1. The van der Waals surface area contributed by atoms with E-state index in [9.17, 15) is 14.7 Å². The van der Waals surface area contributed by atoms with Gasteiger partial charge in [0.25, 0.3) is 5.91 Å². The molecule has 0 unspecified atom stereocenters. The summed E-state index contributed by atoms with van der Waals surface area (Å²) in [7, 11) is 0. The Hall–Kier alpha value is -1.30. The van der Waals surface area contributed by atoms with E-state index in [2.05, 4.69) is 15.9 Å². The molecule has 1 amide bonds. The number of amides is 1. The van der Waals surface area contributed by atoms with Gasteiger partial charge in [-0.1, -0.05) is 6.92 Å². The molecule has 5 nitrogen and oxygen atoms in total. The van der Waals surface area contributed by atoms with Crippen molar-refractivity contribution in [3.8, 4) is 0 Å². The highest BCUT2D eigenvalue weighted by atomic mass is 79.9. The second-order valence-electron chi connectivity index (χ2n) is 5.09. The zero-order valence-electron chi connectivity index (χ0n) is 11.5. The van der Waals surface area contributed by atoms with E-state index in [-0.39, 0.29) is 5.91 Å². The summed E-state index contributed by atoms with van der Waals surface area (Å²) >= 11 is 3.38. The number of carboxylic acids is 1. The van der Waals surface area contributed by atoms with Crippen molar-refractivity contribution in [2.24, 2.45) is 0 Å². The second-order valence-corrected chi connectivity index (χ2v) is 6.00. The Morgan fingerprint density at radius 2 is 2.20 bits per heavy atom. The van der Waals surface area contributed by atoms with E-state index in [1.165, 1.54) is 4.90 Å². The molecule has 1 aliphatic rings. The number of aromatic nitrogens is 1. The van der Waals surface area contributed by atoms with E-state index in [0.717, 1.165) is 30.3 Å². The van der Waals surface area contributed by atoms with Gasteiger partial charge in [0.15, 0.2) is 0 Å². The molecule has 1 atom stereocenters. The highest BCUT2D eigenvalue weighted by Crippen LogP contribution is 2.23. The summed E-state index contributed by atoms with van der Waals surface area (Å²) in [5.74, 6) is -1.10. The van der Waals surface area contributed by atoms with Gasteiger partial charge in [-0.05, 0) is 47.7 Å². The number of aryl methyl sites for hydroxylation is 1. The number of likely N-dealkylation sites (tertiary alicyclic amines) is 1. The number of halogens is 1. The average molecular weight is 343 g/mol. The first-order chi connectivity index (χ1) is 9.54. The number of carbonyl (C=O) groups excluding carboxylic acids is 1. The third-order valence-corrected chi connectivity index (χ3v) is 4.03. The van der Waals surface area contributed by atoms with Gasteiger partial charge in [-0.2, -0.15) is 0 Å². The number of piperidine rings is 1. The maximum Gasteiger partial charge on any atom is 0.326 e. The number of carbonyl (C=O) groups is 2. The van der Waals surface area contributed by atoms with E-state index >= 15 is 0 Å². The normalized spacial score (nSPS) is 19.1. The van der Waals surface area contributed by atoms with E-state index in [0.29, 0.717) is 18.7 Å². The van der Waals surface area contributed by atoms with E-state index < -0.39 is 12.0 Å². The van der Waals surface area contributed by atoms with Crippen LogP contribution in [-0.2, 0) is 11.3 Å². The van der Waals surface area contributed by atoms with Gasteiger partial charge in [-0.3, -0.25) is 4.79 Å². The predicted octanol–water partition coefficient (Wildman–Crippen LogP) is 2.74. The Kier molecular flexibility index (Phi) is 4.86. The highest BCUT2D eigenvalue weighted by Gasteiger charge is 2.33. The van der Waals surface area contributed by atoms with Gasteiger partial charge in [0.2, 0.25) is 0 Å². The molecule has 0 aromatic carbocycles. The molecule has 1 aromatic rings. The van der Waals surface area contributed by atoms with Crippen LogP contribution in [-0.4, -0.2) is 39.0 Å². The molecule has 6 heteroatoms. The Bertz CT molecular complexity index is 513. The Morgan fingerprint density at radius 3 is 2.85 bits per heavy atom. The summed E-state index contributed by atoms with van der Waals surface area (Å²) < 4.78 is 2.73. The molecule has 110 valence electrons. The lowest BCUT2D eigenvalue weighted by atomic mass is 10.0. The lowest BCUT2D eigenvalue weighted by Crippen LogP contribution is -2.48. The van der Waals surface area contributed by atoms with Crippen molar-refractivity contribution in [1.29, 1.82) is 0 Å². The smallest absolute Gasteiger partial charge is 0.326 e. The van der Waals surface area contributed by atoms with Crippen LogP contribution in [0.4, 0.5) is 0 Å². The summed E-state index contributed by atoms with van der Waals surface area (Å²) in [4.78, 5) is 25.5. The van der Waals surface area contributed by atoms with Gasteiger partial charge in [-0.15, -0.1) is 0 Å². The molecule has 20 heavy (non-hydrogen) atoms. The molecule has 1 aromatic heterocycles. The third-order valence-electron chi connectivity index (χ3n) is 3.60. The molecular weight excluding hydrogens is 324 g/mol. The largest absolute Gasteiger partial charge is 0.480 e. The molecule has 2 heterocycles. The van der Waals surface area contributed by atoms with Gasteiger partial charge in [0.05, 0.1) is 0 Å². The van der Waals surface area contributed by atoms with Crippen LogP contribution in [0.15, 0.2) is 16.7 Å². The number of hydrogen-bond acceptors (Lipinski definition) is 2. The van der Waals surface area contributed by atoms with Crippen molar-refractivity contribution in [1.82, 2.24) is 9.47 Å². The molecule has 0 saturated carbocycles. The van der Waals surface area contributed by atoms with Gasteiger partial charge in [-0.25, -0.2) is 4.79 Å². The lowest BCUT2D eigenvalue weighted by molar-refractivity contribution is -0.143. The SMILES string of the molecule is CCCn1cc(Br)cc1C(=O)N1CCCC[C@@H]1C(=O)O. The molecule has 0 spiro atoms. The molecule has 0 radical (unpaired) electrons. The summed E-state index contributed by atoms with van der Waals surface area (Å²) in [6, 6.07) is 1.07. The lowest BCUT2D eigenvalue weighted by Gasteiger charge is -2.33. The van der Waals surface area contributed by atoms with Crippen LogP contribution in [0.1, 0.15) is 43.1 Å². The van der Waals surface area contributed by atoms with Crippen molar-refractivity contribution < 1.29 is 14.7 Å². The van der Waals surface area contributed by atoms with Crippen molar-refractivity contribution in [3.05, 3.63) is 22.4 Å². The minimum absolute atomic E-state index is 0.184. The number of nitrogens with zero attached hydrogens (tertiary/aromatic N) is 2. The number of rotatable bonds is 4. The zero-order chi connectivity index (χ0) is 14.7. The number of hydrogen-bond donors (Lipinski definition) is 1. The fourth-order valence-electron chi connectivity index (χ4n) is 2.66.